The average Bonchev–Trinajstić information content (AvgIpc) is 2.59. The first-order chi connectivity index (χ1) is 12.1. The first-order valence-corrected chi connectivity index (χ1v) is 10.0. The molecular formula is C17H22BrN3O3S. The van der Waals surface area contributed by atoms with Gasteiger partial charge in [0.05, 0.1) is 16.7 Å². The molecule has 136 valence electrons. The lowest BCUT2D eigenvalue weighted by atomic mass is 10.2. The van der Waals surface area contributed by atoms with E-state index in [2.05, 4.69) is 26.2 Å². The number of nitrogens with zero attached hydrogens (tertiary/aromatic N) is 2. The van der Waals surface area contributed by atoms with Crippen LogP contribution in [0.15, 0.2) is 32.6 Å². The van der Waals surface area contributed by atoms with Crippen molar-refractivity contribution in [1.82, 2.24) is 14.9 Å². The molecule has 0 radical (unpaired) electrons. The van der Waals surface area contributed by atoms with Gasteiger partial charge in [-0.3, -0.25) is 14.2 Å². The Morgan fingerprint density at radius 3 is 2.92 bits per heavy atom. The highest BCUT2D eigenvalue weighted by Crippen LogP contribution is 2.20. The predicted molar refractivity (Wildman–Crippen MR) is 104 cm³/mol. The highest BCUT2D eigenvalue weighted by atomic mass is 79.9. The fourth-order valence-corrected chi connectivity index (χ4v) is 3.54. The summed E-state index contributed by atoms with van der Waals surface area (Å²) in [7, 11) is 0. The van der Waals surface area contributed by atoms with Crippen LogP contribution in [0.2, 0.25) is 0 Å². The van der Waals surface area contributed by atoms with Gasteiger partial charge in [0.25, 0.3) is 5.56 Å². The Balaban J connectivity index is 2.33. The molecule has 25 heavy (non-hydrogen) atoms. The quantitative estimate of drug-likeness (QED) is 0.378. The van der Waals surface area contributed by atoms with Crippen LogP contribution < -0.4 is 10.9 Å². The molecular weight excluding hydrogens is 406 g/mol. The van der Waals surface area contributed by atoms with Crippen LogP contribution in [0.1, 0.15) is 20.3 Å². The average molecular weight is 428 g/mol. The van der Waals surface area contributed by atoms with Crippen LogP contribution in [0.3, 0.4) is 0 Å². The summed E-state index contributed by atoms with van der Waals surface area (Å²) in [5.74, 6) is 0.159. The third-order valence-electron chi connectivity index (χ3n) is 3.46. The van der Waals surface area contributed by atoms with Gasteiger partial charge in [0.1, 0.15) is 0 Å². The number of benzene rings is 1. The first kappa shape index (κ1) is 19.9. The topological polar surface area (TPSA) is 73.2 Å². The first-order valence-electron chi connectivity index (χ1n) is 8.24. The van der Waals surface area contributed by atoms with E-state index in [-0.39, 0.29) is 17.2 Å². The van der Waals surface area contributed by atoms with Crippen molar-refractivity contribution in [1.29, 1.82) is 0 Å². The van der Waals surface area contributed by atoms with Crippen LogP contribution in [-0.4, -0.2) is 41.0 Å². The number of thioether (sulfide) groups is 1. The van der Waals surface area contributed by atoms with E-state index in [9.17, 15) is 9.59 Å². The van der Waals surface area contributed by atoms with Gasteiger partial charge < -0.3 is 10.1 Å². The minimum atomic E-state index is -0.0961. The highest BCUT2D eigenvalue weighted by molar-refractivity contribution is 9.10. The monoisotopic (exact) mass is 427 g/mol. The number of rotatable bonds is 9. The smallest absolute Gasteiger partial charge is 0.262 e. The molecule has 1 aromatic carbocycles. The van der Waals surface area contributed by atoms with E-state index in [1.807, 2.05) is 26.0 Å². The molecule has 0 saturated carbocycles. The molecule has 0 aliphatic rings. The highest BCUT2D eigenvalue weighted by Gasteiger charge is 2.13. The molecule has 6 nitrogen and oxygen atoms in total. The third-order valence-corrected chi connectivity index (χ3v) is 4.93. The van der Waals surface area contributed by atoms with Crippen molar-refractivity contribution in [3.63, 3.8) is 0 Å². The summed E-state index contributed by atoms with van der Waals surface area (Å²) in [5, 5.41) is 3.87. The largest absolute Gasteiger partial charge is 0.382 e. The number of ether oxygens (including phenoxy) is 1. The van der Waals surface area contributed by atoms with Crippen LogP contribution in [0.4, 0.5) is 0 Å². The van der Waals surface area contributed by atoms with Crippen LogP contribution >= 0.6 is 27.7 Å². The fourth-order valence-electron chi connectivity index (χ4n) is 2.33. The van der Waals surface area contributed by atoms with E-state index < -0.39 is 0 Å². The SMILES string of the molecule is CCNC(=O)CSc1nc2ccc(Br)cc2c(=O)n1CCCOCC. The zero-order chi connectivity index (χ0) is 18.2. The second kappa shape index (κ2) is 9.94. The van der Waals surface area contributed by atoms with Crippen molar-refractivity contribution >= 4 is 44.5 Å². The summed E-state index contributed by atoms with van der Waals surface area (Å²) in [6.45, 7) is 6.13. The van der Waals surface area contributed by atoms with Gasteiger partial charge in [-0.15, -0.1) is 0 Å². The summed E-state index contributed by atoms with van der Waals surface area (Å²) in [6, 6.07) is 5.44. The number of hydrogen-bond donors (Lipinski definition) is 1. The summed E-state index contributed by atoms with van der Waals surface area (Å²) in [6.07, 6.45) is 0.712. The van der Waals surface area contributed by atoms with E-state index in [0.717, 1.165) is 4.47 Å². The molecule has 1 N–H and O–H groups in total. The number of fused-ring (bicyclic) bond motifs is 1. The second-order valence-corrected chi connectivity index (χ2v) is 7.16. The van der Waals surface area contributed by atoms with E-state index in [1.54, 1.807) is 10.6 Å². The maximum Gasteiger partial charge on any atom is 0.262 e. The number of carbonyl (C=O) groups is 1. The normalized spacial score (nSPS) is 11.0. The van der Waals surface area contributed by atoms with Crippen LogP contribution in [0.25, 0.3) is 10.9 Å². The van der Waals surface area contributed by atoms with Gasteiger partial charge in [0.2, 0.25) is 5.91 Å². The molecule has 2 rings (SSSR count). The lowest BCUT2D eigenvalue weighted by Crippen LogP contribution is -2.27. The Hall–Kier alpha value is -1.38. The van der Waals surface area contributed by atoms with E-state index in [4.69, 9.17) is 4.74 Å². The van der Waals surface area contributed by atoms with Crippen LogP contribution in [-0.2, 0) is 16.1 Å². The Labute approximate surface area is 159 Å². The Morgan fingerprint density at radius 2 is 2.20 bits per heavy atom. The molecule has 0 fully saturated rings. The van der Waals surface area contributed by atoms with Crippen LogP contribution in [0.5, 0.6) is 0 Å². The lowest BCUT2D eigenvalue weighted by molar-refractivity contribution is -0.118. The molecule has 0 unspecified atom stereocenters. The number of aromatic nitrogens is 2. The minimum absolute atomic E-state index is 0.0708. The van der Waals surface area contributed by atoms with E-state index >= 15 is 0 Å². The number of halogens is 1. The second-order valence-electron chi connectivity index (χ2n) is 5.31. The molecule has 0 bridgehead atoms. The van der Waals surface area contributed by atoms with Gasteiger partial charge >= 0.3 is 0 Å². The van der Waals surface area contributed by atoms with Crippen molar-refractivity contribution in [2.75, 3.05) is 25.5 Å². The summed E-state index contributed by atoms with van der Waals surface area (Å²) in [5.41, 5.74) is 0.536. The molecule has 8 heteroatoms. The zero-order valence-electron chi connectivity index (χ0n) is 14.4. The number of carbonyl (C=O) groups excluding carboxylic acids is 1. The van der Waals surface area contributed by atoms with Gasteiger partial charge in [0.15, 0.2) is 5.16 Å². The molecule has 0 aliphatic heterocycles. The Kier molecular flexibility index (Phi) is 7.92. The predicted octanol–water partition coefficient (Wildman–Crippen LogP) is 2.81. The molecule has 0 saturated heterocycles. The van der Waals surface area contributed by atoms with E-state index in [0.29, 0.717) is 48.8 Å². The molecule has 2 aromatic rings. The van der Waals surface area contributed by atoms with Crippen molar-refractivity contribution in [3.05, 3.63) is 33.0 Å². The molecule has 0 aliphatic carbocycles. The summed E-state index contributed by atoms with van der Waals surface area (Å²) >= 11 is 4.68. The van der Waals surface area contributed by atoms with Gasteiger partial charge in [-0.1, -0.05) is 27.7 Å². The van der Waals surface area contributed by atoms with Gasteiger partial charge in [-0.2, -0.15) is 0 Å². The molecule has 1 heterocycles. The van der Waals surface area contributed by atoms with Crippen molar-refractivity contribution in [2.24, 2.45) is 0 Å². The maximum absolute atomic E-state index is 12.9. The fraction of sp³-hybridized carbons (Fsp3) is 0.471. The van der Waals surface area contributed by atoms with E-state index in [1.165, 1.54) is 11.8 Å². The maximum atomic E-state index is 12.9. The van der Waals surface area contributed by atoms with Crippen LogP contribution in [0, 0.1) is 0 Å². The van der Waals surface area contributed by atoms with Gasteiger partial charge in [-0.25, -0.2) is 4.98 Å². The number of amides is 1. The standard InChI is InChI=1S/C17H22BrN3O3S/c1-3-19-15(22)11-25-17-20-14-7-6-12(18)10-13(14)16(23)21(17)8-5-9-24-4-2/h6-7,10H,3-5,8-9,11H2,1-2H3,(H,19,22). The number of nitrogens with one attached hydrogen (secondary N) is 1. The molecule has 0 spiro atoms. The van der Waals surface area contributed by atoms with Crippen molar-refractivity contribution in [2.45, 2.75) is 32.0 Å². The molecule has 1 aromatic heterocycles. The van der Waals surface area contributed by atoms with Gasteiger partial charge in [-0.05, 0) is 38.5 Å². The third kappa shape index (κ3) is 5.55. The Morgan fingerprint density at radius 1 is 1.40 bits per heavy atom. The molecule has 1 amide bonds. The van der Waals surface area contributed by atoms with Crippen molar-refractivity contribution in [3.8, 4) is 0 Å². The molecule has 0 atom stereocenters. The summed E-state index contributed by atoms with van der Waals surface area (Å²) in [4.78, 5) is 29.2. The summed E-state index contributed by atoms with van der Waals surface area (Å²) < 4.78 is 7.83. The van der Waals surface area contributed by atoms with Gasteiger partial charge in [0, 0.05) is 30.8 Å². The number of hydrogen-bond acceptors (Lipinski definition) is 5. The van der Waals surface area contributed by atoms with Crippen molar-refractivity contribution < 1.29 is 9.53 Å². The lowest BCUT2D eigenvalue weighted by Gasteiger charge is -2.13. The minimum Gasteiger partial charge on any atom is -0.382 e. The Bertz CT molecular complexity index is 795. The zero-order valence-corrected chi connectivity index (χ0v) is 16.8.